The Bertz CT molecular complexity index is 420. The van der Waals surface area contributed by atoms with Crippen LogP contribution in [0.4, 0.5) is 0 Å². The first-order valence-electron chi connectivity index (χ1n) is 6.33. The van der Waals surface area contributed by atoms with Crippen molar-refractivity contribution in [2.24, 2.45) is 5.73 Å². The molecule has 0 aliphatic carbocycles. The molecule has 2 atom stereocenters. The van der Waals surface area contributed by atoms with Crippen molar-refractivity contribution in [1.29, 1.82) is 0 Å². The average Bonchev–Trinajstić information content (AvgIpc) is 2.87. The van der Waals surface area contributed by atoms with Crippen LogP contribution < -0.4 is 10.5 Å². The van der Waals surface area contributed by atoms with Gasteiger partial charge in [0.1, 0.15) is 5.75 Å². The van der Waals surface area contributed by atoms with Crippen molar-refractivity contribution in [3.8, 4) is 5.75 Å². The highest BCUT2D eigenvalue weighted by Crippen LogP contribution is 2.32. The third-order valence-corrected chi connectivity index (χ3v) is 3.43. The number of benzene rings is 1. The topological polar surface area (TPSA) is 55.6 Å². The minimum Gasteiger partial charge on any atom is -0.497 e. The number of carbonyl (C=O) groups is 1. The van der Waals surface area contributed by atoms with Crippen LogP contribution in [0.5, 0.6) is 5.75 Å². The summed E-state index contributed by atoms with van der Waals surface area (Å²) in [5.74, 6) is 0.870. The zero-order valence-corrected chi connectivity index (χ0v) is 12.2. The van der Waals surface area contributed by atoms with Crippen molar-refractivity contribution in [1.82, 2.24) is 4.90 Å². The zero-order valence-electron chi connectivity index (χ0n) is 11.3. The second kappa shape index (κ2) is 6.78. The third kappa shape index (κ3) is 3.39. The number of rotatable bonds is 3. The molecular weight excluding hydrogens is 264 g/mol. The van der Waals surface area contributed by atoms with E-state index in [0.717, 1.165) is 30.7 Å². The average molecular weight is 285 g/mol. The lowest BCUT2D eigenvalue weighted by atomic mass is 10.0. The number of ether oxygens (including phenoxy) is 1. The molecule has 1 aromatic carbocycles. The van der Waals surface area contributed by atoms with Gasteiger partial charge in [0.05, 0.1) is 19.2 Å². The van der Waals surface area contributed by atoms with Gasteiger partial charge in [-0.2, -0.15) is 0 Å². The molecule has 1 aliphatic heterocycles. The minimum absolute atomic E-state index is 0. The summed E-state index contributed by atoms with van der Waals surface area (Å²) in [5, 5.41) is 0. The molecule has 5 heteroatoms. The van der Waals surface area contributed by atoms with Crippen LogP contribution in [0.3, 0.4) is 0 Å². The summed E-state index contributed by atoms with van der Waals surface area (Å²) in [6, 6.07) is 7.65. The largest absolute Gasteiger partial charge is 0.497 e. The number of nitrogens with zero attached hydrogens (tertiary/aromatic N) is 1. The second-order valence-corrected chi connectivity index (χ2v) is 4.75. The van der Waals surface area contributed by atoms with Crippen molar-refractivity contribution in [2.45, 2.75) is 31.8 Å². The summed E-state index contributed by atoms with van der Waals surface area (Å²) in [5.41, 5.74) is 6.85. The summed E-state index contributed by atoms with van der Waals surface area (Å²) in [7, 11) is 1.65. The minimum atomic E-state index is -0.427. The molecule has 19 heavy (non-hydrogen) atoms. The van der Waals surface area contributed by atoms with Crippen LogP contribution in [0.1, 0.15) is 31.4 Å². The maximum absolute atomic E-state index is 12.0. The van der Waals surface area contributed by atoms with E-state index in [9.17, 15) is 4.79 Å². The molecule has 106 valence electrons. The number of likely N-dealkylation sites (tertiary alicyclic amines) is 1. The molecule has 0 saturated carbocycles. The van der Waals surface area contributed by atoms with E-state index in [1.54, 1.807) is 14.0 Å². The standard InChI is InChI=1S/C14H20N2O2.ClH/c1-10(15)14(17)16-9-3-4-13(16)11-5-7-12(18-2)8-6-11;/h5-8,10,13H,3-4,9,15H2,1-2H3;1H. The summed E-state index contributed by atoms with van der Waals surface area (Å²) < 4.78 is 5.14. The number of carbonyl (C=O) groups excluding carboxylic acids is 1. The van der Waals surface area contributed by atoms with Crippen molar-refractivity contribution >= 4 is 18.3 Å². The maximum Gasteiger partial charge on any atom is 0.239 e. The van der Waals surface area contributed by atoms with Gasteiger partial charge in [-0.1, -0.05) is 12.1 Å². The zero-order chi connectivity index (χ0) is 13.1. The van der Waals surface area contributed by atoms with Crippen molar-refractivity contribution in [2.75, 3.05) is 13.7 Å². The molecule has 0 radical (unpaired) electrons. The first-order chi connectivity index (χ1) is 8.63. The predicted molar refractivity (Wildman–Crippen MR) is 77.6 cm³/mol. The highest BCUT2D eigenvalue weighted by molar-refractivity contribution is 5.85. The Kier molecular flexibility index (Phi) is 5.63. The van der Waals surface area contributed by atoms with Gasteiger partial charge in [-0.3, -0.25) is 4.79 Å². The number of nitrogens with two attached hydrogens (primary N) is 1. The van der Waals surface area contributed by atoms with Crippen molar-refractivity contribution in [3.05, 3.63) is 29.8 Å². The van der Waals surface area contributed by atoms with Gasteiger partial charge in [-0.05, 0) is 37.5 Å². The molecule has 1 saturated heterocycles. The van der Waals surface area contributed by atoms with Crippen LogP contribution in [0.25, 0.3) is 0 Å². The lowest BCUT2D eigenvalue weighted by Crippen LogP contribution is -2.41. The number of amides is 1. The number of halogens is 1. The van der Waals surface area contributed by atoms with Gasteiger partial charge in [-0.15, -0.1) is 12.4 Å². The summed E-state index contributed by atoms with van der Waals surface area (Å²) in [6.45, 7) is 2.54. The van der Waals surface area contributed by atoms with Gasteiger partial charge in [0.15, 0.2) is 0 Å². The van der Waals surface area contributed by atoms with Crippen LogP contribution in [0.2, 0.25) is 0 Å². The Hall–Kier alpha value is -1.26. The number of hydrogen-bond donors (Lipinski definition) is 1. The lowest BCUT2D eigenvalue weighted by molar-refractivity contribution is -0.133. The quantitative estimate of drug-likeness (QED) is 0.925. The molecule has 2 unspecified atom stereocenters. The SMILES string of the molecule is COc1ccc(C2CCCN2C(=O)C(C)N)cc1.Cl. The van der Waals surface area contributed by atoms with E-state index in [2.05, 4.69) is 0 Å². The van der Waals surface area contributed by atoms with Crippen LogP contribution >= 0.6 is 12.4 Å². The van der Waals surface area contributed by atoms with E-state index in [0.29, 0.717) is 0 Å². The Morgan fingerprint density at radius 2 is 2.05 bits per heavy atom. The summed E-state index contributed by atoms with van der Waals surface area (Å²) >= 11 is 0. The van der Waals surface area contributed by atoms with Gasteiger partial charge in [-0.25, -0.2) is 0 Å². The van der Waals surface area contributed by atoms with E-state index < -0.39 is 6.04 Å². The molecule has 1 fully saturated rings. The van der Waals surface area contributed by atoms with E-state index in [4.69, 9.17) is 10.5 Å². The molecule has 1 amide bonds. The van der Waals surface area contributed by atoms with Gasteiger partial charge in [0.25, 0.3) is 0 Å². The first kappa shape index (κ1) is 15.8. The second-order valence-electron chi connectivity index (χ2n) is 4.75. The molecule has 2 rings (SSSR count). The smallest absolute Gasteiger partial charge is 0.239 e. The third-order valence-electron chi connectivity index (χ3n) is 3.43. The van der Waals surface area contributed by atoms with E-state index in [1.807, 2.05) is 29.2 Å². The highest BCUT2D eigenvalue weighted by atomic mass is 35.5. The highest BCUT2D eigenvalue weighted by Gasteiger charge is 2.31. The van der Waals surface area contributed by atoms with Crippen LogP contribution in [0.15, 0.2) is 24.3 Å². The molecule has 1 heterocycles. The molecule has 1 aliphatic rings. The van der Waals surface area contributed by atoms with E-state index in [-0.39, 0.29) is 24.4 Å². The lowest BCUT2D eigenvalue weighted by Gasteiger charge is -2.26. The van der Waals surface area contributed by atoms with Crippen molar-refractivity contribution in [3.63, 3.8) is 0 Å². The van der Waals surface area contributed by atoms with Gasteiger partial charge >= 0.3 is 0 Å². The Morgan fingerprint density at radius 1 is 1.42 bits per heavy atom. The molecule has 2 N–H and O–H groups in total. The van der Waals surface area contributed by atoms with E-state index >= 15 is 0 Å². The predicted octanol–water partition coefficient (Wildman–Crippen LogP) is 2.13. The Morgan fingerprint density at radius 3 is 2.58 bits per heavy atom. The number of methoxy groups -OCH3 is 1. The maximum atomic E-state index is 12.0. The Labute approximate surface area is 120 Å². The van der Waals surface area contributed by atoms with Gasteiger partial charge < -0.3 is 15.4 Å². The van der Waals surface area contributed by atoms with Crippen LogP contribution in [0, 0.1) is 0 Å². The number of hydrogen-bond acceptors (Lipinski definition) is 3. The summed E-state index contributed by atoms with van der Waals surface area (Å²) in [6.07, 6.45) is 2.04. The normalized spacial score (nSPS) is 19.7. The fourth-order valence-corrected chi connectivity index (χ4v) is 2.46. The molecule has 0 spiro atoms. The summed E-state index contributed by atoms with van der Waals surface area (Å²) in [4.78, 5) is 13.9. The fourth-order valence-electron chi connectivity index (χ4n) is 2.46. The Balaban J connectivity index is 0.00000180. The first-order valence-corrected chi connectivity index (χ1v) is 6.33. The van der Waals surface area contributed by atoms with E-state index in [1.165, 1.54) is 0 Å². The molecule has 1 aromatic rings. The fraction of sp³-hybridized carbons (Fsp3) is 0.500. The van der Waals surface area contributed by atoms with Gasteiger partial charge in [0, 0.05) is 6.54 Å². The van der Waals surface area contributed by atoms with Gasteiger partial charge in [0.2, 0.25) is 5.91 Å². The van der Waals surface area contributed by atoms with Crippen LogP contribution in [-0.2, 0) is 4.79 Å². The molecule has 0 bridgehead atoms. The molecular formula is C14H21ClN2O2. The monoisotopic (exact) mass is 284 g/mol. The van der Waals surface area contributed by atoms with Crippen molar-refractivity contribution < 1.29 is 9.53 Å². The van der Waals surface area contributed by atoms with Crippen LogP contribution in [-0.4, -0.2) is 30.5 Å². The molecule has 4 nitrogen and oxygen atoms in total. The molecule has 0 aromatic heterocycles.